The van der Waals surface area contributed by atoms with Crippen molar-refractivity contribution in [3.8, 4) is 0 Å². The number of carbonyl (C=O) groups is 1. The van der Waals surface area contributed by atoms with Crippen molar-refractivity contribution in [1.82, 2.24) is 14.8 Å². The van der Waals surface area contributed by atoms with Crippen molar-refractivity contribution in [3.63, 3.8) is 0 Å². The van der Waals surface area contributed by atoms with Crippen LogP contribution in [0.2, 0.25) is 0 Å². The molecule has 29 heavy (non-hydrogen) atoms. The van der Waals surface area contributed by atoms with Crippen molar-refractivity contribution in [2.24, 2.45) is 0 Å². The van der Waals surface area contributed by atoms with Gasteiger partial charge in [-0.25, -0.2) is 13.9 Å². The van der Waals surface area contributed by atoms with Gasteiger partial charge in [0.1, 0.15) is 17.6 Å². The lowest BCUT2D eigenvalue weighted by atomic mass is 10.0. The number of nitrogens with zero attached hydrogens (tertiary/aromatic N) is 3. The molecule has 3 aromatic rings. The normalized spacial score (nSPS) is 15.8. The molecule has 1 N–H and O–H groups in total. The fraction of sp³-hybridized carbons (Fsp3) is 0.250. The number of fused-ring (bicyclic) bond motifs is 1. The first-order chi connectivity index (χ1) is 14.1. The summed E-state index contributed by atoms with van der Waals surface area (Å²) in [4.78, 5) is 17.1. The average molecular weight is 414 g/mol. The van der Waals surface area contributed by atoms with Gasteiger partial charge in [-0.15, -0.1) is 5.10 Å². The van der Waals surface area contributed by atoms with Gasteiger partial charge < -0.3 is 14.5 Å². The maximum absolute atomic E-state index is 13.9. The third kappa shape index (κ3) is 3.77. The van der Waals surface area contributed by atoms with Crippen molar-refractivity contribution in [2.45, 2.75) is 30.8 Å². The summed E-state index contributed by atoms with van der Waals surface area (Å²) in [6.45, 7) is 3.80. The Balaban J connectivity index is 1.66. The topological polar surface area (TPSA) is 82.2 Å². The van der Waals surface area contributed by atoms with E-state index in [0.717, 1.165) is 0 Å². The fourth-order valence-electron chi connectivity index (χ4n) is 3.13. The Hall–Kier alpha value is -3.07. The summed E-state index contributed by atoms with van der Waals surface area (Å²) < 4.78 is 26.3. The monoisotopic (exact) mass is 414 g/mol. The molecular formula is C20H19FN4O3S. The third-order valence-electron chi connectivity index (χ3n) is 4.46. The highest BCUT2D eigenvalue weighted by molar-refractivity contribution is 7.98. The highest BCUT2D eigenvalue weighted by Gasteiger charge is 2.36. The van der Waals surface area contributed by atoms with Crippen LogP contribution in [0.5, 0.6) is 0 Å². The van der Waals surface area contributed by atoms with Gasteiger partial charge >= 0.3 is 5.97 Å². The van der Waals surface area contributed by atoms with Crippen LogP contribution in [0.1, 0.15) is 31.2 Å². The summed E-state index contributed by atoms with van der Waals surface area (Å²) in [5.41, 5.74) is 1.60. The Bertz CT molecular complexity index is 1060. The van der Waals surface area contributed by atoms with Gasteiger partial charge in [-0.1, -0.05) is 30.0 Å². The fourth-order valence-corrected chi connectivity index (χ4v) is 3.95. The molecule has 1 aliphatic heterocycles. The number of nitrogens with one attached hydrogen (secondary N) is 1. The summed E-state index contributed by atoms with van der Waals surface area (Å²) >= 11 is 1.31. The minimum Gasteiger partial charge on any atom is -0.467 e. The molecule has 0 fully saturated rings. The number of allylic oxidation sites excluding steroid dienone is 1. The average Bonchev–Trinajstić information content (AvgIpc) is 3.36. The van der Waals surface area contributed by atoms with Gasteiger partial charge in [0, 0.05) is 11.4 Å². The number of hydrogen-bond acceptors (Lipinski definition) is 7. The maximum atomic E-state index is 13.9. The van der Waals surface area contributed by atoms with E-state index in [4.69, 9.17) is 9.15 Å². The van der Waals surface area contributed by atoms with E-state index in [1.165, 1.54) is 17.8 Å². The Labute approximate surface area is 171 Å². The van der Waals surface area contributed by atoms with Gasteiger partial charge in [-0.3, -0.25) is 0 Å². The van der Waals surface area contributed by atoms with Gasteiger partial charge in [0.2, 0.25) is 11.1 Å². The highest BCUT2D eigenvalue weighted by Crippen LogP contribution is 2.37. The number of rotatable bonds is 6. The summed E-state index contributed by atoms with van der Waals surface area (Å²) in [5, 5.41) is 8.12. The molecule has 150 valence electrons. The molecule has 1 aliphatic rings. The van der Waals surface area contributed by atoms with Gasteiger partial charge in [0.25, 0.3) is 0 Å². The van der Waals surface area contributed by atoms with Crippen LogP contribution < -0.4 is 5.32 Å². The van der Waals surface area contributed by atoms with E-state index in [1.807, 2.05) is 0 Å². The van der Waals surface area contributed by atoms with Gasteiger partial charge in [-0.05, 0) is 37.6 Å². The zero-order chi connectivity index (χ0) is 20.4. The molecule has 9 heteroatoms. The number of carbonyl (C=O) groups excluding carboxylic acids is 1. The first-order valence-corrected chi connectivity index (χ1v) is 10.1. The number of benzene rings is 1. The Morgan fingerprint density at radius 1 is 1.34 bits per heavy atom. The highest BCUT2D eigenvalue weighted by atomic mass is 32.2. The maximum Gasteiger partial charge on any atom is 0.338 e. The molecule has 0 spiro atoms. The molecule has 1 unspecified atom stereocenters. The SMILES string of the molecule is CCOC(=O)C1=C(C)Nc2nc(SCc3ccccc3F)nn2C1c1ccco1. The lowest BCUT2D eigenvalue weighted by Crippen LogP contribution is -2.29. The predicted octanol–water partition coefficient (Wildman–Crippen LogP) is 4.15. The molecule has 2 aromatic heterocycles. The molecule has 1 atom stereocenters. The number of thioether (sulfide) groups is 1. The van der Waals surface area contributed by atoms with Crippen LogP contribution in [0.15, 0.2) is 63.5 Å². The molecule has 0 radical (unpaired) electrons. The minimum atomic E-state index is -0.601. The number of furan rings is 1. The zero-order valence-electron chi connectivity index (χ0n) is 15.9. The van der Waals surface area contributed by atoms with Crippen LogP contribution in [0.25, 0.3) is 0 Å². The minimum absolute atomic E-state index is 0.258. The third-order valence-corrected chi connectivity index (χ3v) is 5.34. The van der Waals surface area contributed by atoms with E-state index in [1.54, 1.807) is 55.1 Å². The molecular weight excluding hydrogens is 395 g/mol. The van der Waals surface area contributed by atoms with Gasteiger partial charge in [0.15, 0.2) is 0 Å². The quantitative estimate of drug-likeness (QED) is 0.479. The van der Waals surface area contributed by atoms with Crippen molar-refractivity contribution >= 4 is 23.7 Å². The zero-order valence-corrected chi connectivity index (χ0v) is 16.7. The molecule has 1 aromatic carbocycles. The lowest BCUT2D eigenvalue weighted by Gasteiger charge is -2.26. The largest absolute Gasteiger partial charge is 0.467 e. The molecule has 7 nitrogen and oxygen atoms in total. The molecule has 3 heterocycles. The number of hydrogen-bond donors (Lipinski definition) is 1. The van der Waals surface area contributed by atoms with E-state index in [2.05, 4.69) is 15.4 Å². The number of esters is 1. The van der Waals surface area contributed by atoms with E-state index >= 15 is 0 Å². The smallest absolute Gasteiger partial charge is 0.338 e. The van der Waals surface area contributed by atoms with E-state index in [0.29, 0.717) is 39.5 Å². The molecule has 4 rings (SSSR count). The second-order valence-corrected chi connectivity index (χ2v) is 7.29. The Morgan fingerprint density at radius 2 is 2.17 bits per heavy atom. The van der Waals surface area contributed by atoms with Crippen LogP contribution in [-0.4, -0.2) is 27.3 Å². The van der Waals surface area contributed by atoms with E-state index in [9.17, 15) is 9.18 Å². The second-order valence-electron chi connectivity index (χ2n) is 6.34. The Kier molecular flexibility index (Phi) is 5.39. The van der Waals surface area contributed by atoms with Gasteiger partial charge in [0.05, 0.1) is 18.4 Å². The van der Waals surface area contributed by atoms with Crippen molar-refractivity contribution < 1.29 is 18.3 Å². The molecule has 0 amide bonds. The molecule has 0 aliphatic carbocycles. The van der Waals surface area contributed by atoms with Crippen molar-refractivity contribution in [2.75, 3.05) is 11.9 Å². The summed E-state index contributed by atoms with van der Waals surface area (Å²) in [7, 11) is 0. The van der Waals surface area contributed by atoms with Crippen LogP contribution in [0, 0.1) is 5.82 Å². The van der Waals surface area contributed by atoms with Crippen LogP contribution in [0.4, 0.5) is 10.3 Å². The molecule has 0 bridgehead atoms. The van der Waals surface area contributed by atoms with Crippen molar-refractivity contribution in [3.05, 3.63) is 71.1 Å². The van der Waals surface area contributed by atoms with Crippen LogP contribution >= 0.6 is 11.8 Å². The number of ether oxygens (including phenoxy) is 1. The molecule has 0 saturated carbocycles. The first-order valence-electron chi connectivity index (χ1n) is 9.09. The summed E-state index contributed by atoms with van der Waals surface area (Å²) in [6, 6.07) is 9.52. The number of anilines is 1. The standard InChI is InChI=1S/C20H19FN4O3S/c1-3-27-18(26)16-12(2)22-19-23-20(29-11-13-7-4-5-8-14(13)21)24-25(19)17(16)15-9-6-10-28-15/h4-10,17H,3,11H2,1-2H3,(H,22,23,24). The first kappa shape index (κ1) is 19.3. The van der Waals surface area contributed by atoms with Crippen LogP contribution in [-0.2, 0) is 15.3 Å². The Morgan fingerprint density at radius 3 is 2.90 bits per heavy atom. The number of halogens is 1. The van der Waals surface area contributed by atoms with Crippen molar-refractivity contribution in [1.29, 1.82) is 0 Å². The summed E-state index contributed by atoms with van der Waals surface area (Å²) in [6.07, 6.45) is 1.54. The number of aromatic nitrogens is 3. The summed E-state index contributed by atoms with van der Waals surface area (Å²) in [5.74, 6) is 0.704. The van der Waals surface area contributed by atoms with Gasteiger partial charge in [-0.2, -0.15) is 4.98 Å². The predicted molar refractivity (Wildman–Crippen MR) is 106 cm³/mol. The van der Waals surface area contributed by atoms with E-state index in [-0.39, 0.29) is 12.4 Å². The van der Waals surface area contributed by atoms with E-state index < -0.39 is 12.0 Å². The lowest BCUT2D eigenvalue weighted by molar-refractivity contribution is -0.139. The van der Waals surface area contributed by atoms with Crippen LogP contribution in [0.3, 0.4) is 0 Å². The second kappa shape index (κ2) is 8.12. The molecule has 0 saturated heterocycles.